The Morgan fingerprint density at radius 1 is 1.33 bits per heavy atom. The summed E-state index contributed by atoms with van der Waals surface area (Å²) in [6.45, 7) is 0. The maximum absolute atomic E-state index is 10.6. The summed E-state index contributed by atoms with van der Waals surface area (Å²) in [6, 6.07) is 7.68. The van der Waals surface area contributed by atoms with Crippen LogP contribution in [0.3, 0.4) is 0 Å². The molecule has 1 aromatic heterocycles. The van der Waals surface area contributed by atoms with Gasteiger partial charge in [-0.2, -0.15) is 0 Å². The number of aromatic nitrogens is 1. The molecule has 0 spiro atoms. The van der Waals surface area contributed by atoms with Crippen LogP contribution < -0.4 is 4.74 Å². The molecule has 1 aromatic carbocycles. The smallest absolute Gasteiger partial charge is 0.357 e. The number of methoxy groups -OCH3 is 1. The Labute approximate surface area is 104 Å². The van der Waals surface area contributed by atoms with Gasteiger partial charge in [-0.15, -0.1) is 0 Å². The number of nitrogens with zero attached hydrogens (tertiary/aromatic N) is 1. The van der Waals surface area contributed by atoms with E-state index in [4.69, 9.17) is 14.3 Å². The maximum Gasteiger partial charge on any atom is 0.357 e. The second-order valence-corrected chi connectivity index (χ2v) is 3.78. The average Bonchev–Trinajstić information content (AvgIpc) is 2.86. The van der Waals surface area contributed by atoms with Gasteiger partial charge < -0.3 is 14.3 Å². The number of aromatic carboxylic acids is 1. The zero-order valence-electron chi connectivity index (χ0n) is 9.92. The number of hydrogen-bond donors (Lipinski definition) is 1. The molecule has 0 saturated carbocycles. The lowest BCUT2D eigenvalue weighted by molar-refractivity contribution is 0.0690. The molecule has 0 saturated heterocycles. The van der Waals surface area contributed by atoms with Crippen molar-refractivity contribution in [3.05, 3.63) is 47.7 Å². The SMILES string of the molecule is COc1ccc(CCc2nc(C(=O)O)co2)cc1. The quantitative estimate of drug-likeness (QED) is 0.876. The van der Waals surface area contributed by atoms with Gasteiger partial charge in [0.1, 0.15) is 12.0 Å². The van der Waals surface area contributed by atoms with Crippen LogP contribution in [0.25, 0.3) is 0 Å². The van der Waals surface area contributed by atoms with E-state index in [2.05, 4.69) is 4.98 Å². The molecular formula is C13H13NO4. The van der Waals surface area contributed by atoms with Gasteiger partial charge in [-0.1, -0.05) is 12.1 Å². The topological polar surface area (TPSA) is 72.6 Å². The molecule has 0 bridgehead atoms. The Hall–Kier alpha value is -2.30. The molecule has 2 aromatic rings. The van der Waals surface area contributed by atoms with Crippen LogP contribution in [0.5, 0.6) is 5.75 Å². The van der Waals surface area contributed by atoms with Crippen LogP contribution >= 0.6 is 0 Å². The van der Waals surface area contributed by atoms with Gasteiger partial charge in [0.2, 0.25) is 0 Å². The Morgan fingerprint density at radius 3 is 2.61 bits per heavy atom. The Balaban J connectivity index is 1.95. The number of carboxylic acids is 1. The van der Waals surface area contributed by atoms with Gasteiger partial charge in [-0.25, -0.2) is 9.78 Å². The molecule has 0 aliphatic heterocycles. The van der Waals surface area contributed by atoms with E-state index in [9.17, 15) is 4.79 Å². The third kappa shape index (κ3) is 2.88. The minimum Gasteiger partial charge on any atom is -0.497 e. The molecule has 2 rings (SSSR count). The fraction of sp³-hybridized carbons (Fsp3) is 0.231. The molecule has 18 heavy (non-hydrogen) atoms. The second kappa shape index (κ2) is 5.35. The Morgan fingerprint density at radius 2 is 2.06 bits per heavy atom. The van der Waals surface area contributed by atoms with Gasteiger partial charge in [0, 0.05) is 6.42 Å². The molecule has 94 valence electrons. The van der Waals surface area contributed by atoms with Gasteiger partial charge in [0.05, 0.1) is 7.11 Å². The molecule has 0 amide bonds. The van der Waals surface area contributed by atoms with E-state index in [0.29, 0.717) is 12.3 Å². The summed E-state index contributed by atoms with van der Waals surface area (Å²) in [5, 5.41) is 8.70. The van der Waals surface area contributed by atoms with Crippen molar-refractivity contribution in [2.45, 2.75) is 12.8 Å². The summed E-state index contributed by atoms with van der Waals surface area (Å²) in [6.07, 6.45) is 2.47. The molecular weight excluding hydrogens is 234 g/mol. The largest absolute Gasteiger partial charge is 0.497 e. The van der Waals surface area contributed by atoms with Crippen LogP contribution in [0, 0.1) is 0 Å². The minimum absolute atomic E-state index is 0.0558. The highest BCUT2D eigenvalue weighted by molar-refractivity contribution is 5.84. The molecule has 1 heterocycles. The number of ether oxygens (including phenoxy) is 1. The summed E-state index contributed by atoms with van der Waals surface area (Å²) >= 11 is 0. The molecule has 1 N–H and O–H groups in total. The van der Waals surface area contributed by atoms with Crippen LogP contribution in [0.1, 0.15) is 21.9 Å². The van der Waals surface area contributed by atoms with Gasteiger partial charge in [-0.05, 0) is 24.1 Å². The lowest BCUT2D eigenvalue weighted by Crippen LogP contribution is -1.97. The highest BCUT2D eigenvalue weighted by atomic mass is 16.5. The summed E-state index contributed by atoms with van der Waals surface area (Å²) in [5.74, 6) is 0.167. The third-order valence-electron chi connectivity index (χ3n) is 2.56. The number of rotatable bonds is 5. The standard InChI is InChI=1S/C13H13NO4/c1-17-10-5-2-9(3-6-10)4-7-12-14-11(8-18-12)13(15)16/h2-3,5-6,8H,4,7H2,1H3,(H,15,16). The first kappa shape index (κ1) is 12.2. The lowest BCUT2D eigenvalue weighted by atomic mass is 10.1. The lowest BCUT2D eigenvalue weighted by Gasteiger charge is -2.01. The van der Waals surface area contributed by atoms with Crippen LogP contribution in [0.4, 0.5) is 0 Å². The Bertz CT molecular complexity index is 530. The fourth-order valence-electron chi connectivity index (χ4n) is 1.57. The van der Waals surface area contributed by atoms with Gasteiger partial charge >= 0.3 is 5.97 Å². The zero-order valence-corrected chi connectivity index (χ0v) is 9.92. The first-order chi connectivity index (χ1) is 8.69. The molecule has 0 radical (unpaired) electrons. The number of hydrogen-bond acceptors (Lipinski definition) is 4. The van der Waals surface area contributed by atoms with E-state index in [1.54, 1.807) is 7.11 Å². The van der Waals surface area contributed by atoms with Crippen molar-refractivity contribution in [2.24, 2.45) is 0 Å². The van der Waals surface area contributed by atoms with E-state index in [1.165, 1.54) is 0 Å². The number of oxazole rings is 1. The van der Waals surface area contributed by atoms with Crippen LogP contribution in [-0.4, -0.2) is 23.2 Å². The fourth-order valence-corrected chi connectivity index (χ4v) is 1.57. The van der Waals surface area contributed by atoms with Gasteiger partial charge in [0.25, 0.3) is 0 Å². The predicted octanol–water partition coefficient (Wildman–Crippen LogP) is 2.17. The first-order valence-corrected chi connectivity index (χ1v) is 5.49. The third-order valence-corrected chi connectivity index (χ3v) is 2.56. The van der Waals surface area contributed by atoms with Crippen molar-refractivity contribution in [1.82, 2.24) is 4.98 Å². The molecule has 0 unspecified atom stereocenters. The van der Waals surface area contributed by atoms with Crippen LogP contribution in [-0.2, 0) is 12.8 Å². The van der Waals surface area contributed by atoms with Crippen molar-refractivity contribution in [1.29, 1.82) is 0 Å². The number of carbonyl (C=O) groups is 1. The van der Waals surface area contributed by atoms with Crippen molar-refractivity contribution in [2.75, 3.05) is 7.11 Å². The molecule has 0 atom stereocenters. The normalized spacial score (nSPS) is 10.3. The van der Waals surface area contributed by atoms with E-state index in [1.807, 2.05) is 24.3 Å². The molecule has 0 aliphatic carbocycles. The molecule has 0 fully saturated rings. The number of aryl methyl sites for hydroxylation is 2. The van der Waals surface area contributed by atoms with E-state index in [-0.39, 0.29) is 5.69 Å². The highest BCUT2D eigenvalue weighted by Crippen LogP contribution is 2.13. The first-order valence-electron chi connectivity index (χ1n) is 5.49. The summed E-state index contributed by atoms with van der Waals surface area (Å²) in [4.78, 5) is 14.5. The van der Waals surface area contributed by atoms with Crippen molar-refractivity contribution in [3.63, 3.8) is 0 Å². The van der Waals surface area contributed by atoms with Crippen LogP contribution in [0.15, 0.2) is 34.9 Å². The monoisotopic (exact) mass is 247 g/mol. The second-order valence-electron chi connectivity index (χ2n) is 3.78. The van der Waals surface area contributed by atoms with Gasteiger partial charge in [-0.3, -0.25) is 0 Å². The summed E-state index contributed by atoms with van der Waals surface area (Å²) in [5.41, 5.74) is 1.06. The number of carboxylic acid groups (broad SMARTS) is 1. The van der Waals surface area contributed by atoms with Crippen molar-refractivity contribution in [3.8, 4) is 5.75 Å². The molecule has 5 heteroatoms. The van der Waals surface area contributed by atoms with E-state index < -0.39 is 5.97 Å². The van der Waals surface area contributed by atoms with Crippen molar-refractivity contribution < 1.29 is 19.1 Å². The Kier molecular flexibility index (Phi) is 3.62. The van der Waals surface area contributed by atoms with Crippen LogP contribution in [0.2, 0.25) is 0 Å². The highest BCUT2D eigenvalue weighted by Gasteiger charge is 2.10. The maximum atomic E-state index is 10.6. The van der Waals surface area contributed by atoms with E-state index >= 15 is 0 Å². The average molecular weight is 247 g/mol. The summed E-state index contributed by atoms with van der Waals surface area (Å²) < 4.78 is 10.1. The van der Waals surface area contributed by atoms with Gasteiger partial charge in [0.15, 0.2) is 11.6 Å². The molecule has 5 nitrogen and oxygen atoms in total. The predicted molar refractivity (Wildman–Crippen MR) is 63.9 cm³/mol. The van der Waals surface area contributed by atoms with E-state index in [0.717, 1.165) is 24.0 Å². The molecule has 0 aliphatic rings. The zero-order chi connectivity index (χ0) is 13.0. The summed E-state index contributed by atoms with van der Waals surface area (Å²) in [7, 11) is 1.62. The van der Waals surface area contributed by atoms with Crippen molar-refractivity contribution >= 4 is 5.97 Å². The minimum atomic E-state index is -1.07. The number of benzene rings is 1.